The van der Waals surface area contributed by atoms with E-state index in [4.69, 9.17) is 15.0 Å². The van der Waals surface area contributed by atoms with E-state index >= 15 is 0 Å². The number of rotatable bonds is 5. The number of benzene rings is 7. The van der Waals surface area contributed by atoms with E-state index in [1.54, 1.807) is 0 Å². The molecule has 1 aromatic heterocycles. The van der Waals surface area contributed by atoms with Crippen molar-refractivity contribution in [1.82, 2.24) is 15.0 Å². The summed E-state index contributed by atoms with van der Waals surface area (Å²) in [5.41, 5.74) is 11.3. The summed E-state index contributed by atoms with van der Waals surface area (Å²) < 4.78 is 0. The number of fused-ring (bicyclic) bond motifs is 2. The van der Waals surface area contributed by atoms with Gasteiger partial charge in [-0.05, 0) is 100.0 Å². The third-order valence-corrected chi connectivity index (χ3v) is 8.92. The van der Waals surface area contributed by atoms with Crippen molar-refractivity contribution >= 4 is 21.5 Å². The maximum atomic E-state index is 5.13. The molecule has 0 unspecified atom stereocenters. The molecular formula is C44H33N3. The molecule has 0 saturated carbocycles. The number of hydrogen-bond donors (Lipinski definition) is 0. The van der Waals surface area contributed by atoms with Crippen LogP contribution < -0.4 is 0 Å². The zero-order valence-electron chi connectivity index (χ0n) is 26.7. The van der Waals surface area contributed by atoms with Gasteiger partial charge in [-0.15, -0.1) is 0 Å². The fourth-order valence-corrected chi connectivity index (χ4v) is 6.94. The summed E-state index contributed by atoms with van der Waals surface area (Å²) in [5.74, 6) is 1.95. The summed E-state index contributed by atoms with van der Waals surface area (Å²) >= 11 is 0. The molecule has 0 N–H and O–H groups in total. The van der Waals surface area contributed by atoms with Crippen LogP contribution in [0, 0.1) is 20.8 Å². The minimum atomic E-state index is 0.646. The molecule has 0 aliphatic carbocycles. The lowest BCUT2D eigenvalue weighted by Gasteiger charge is -2.18. The zero-order chi connectivity index (χ0) is 31.9. The summed E-state index contributed by atoms with van der Waals surface area (Å²) in [5, 5.41) is 4.87. The first-order valence-electron chi connectivity index (χ1n) is 16.0. The van der Waals surface area contributed by atoms with Crippen LogP contribution in [0.2, 0.25) is 0 Å². The van der Waals surface area contributed by atoms with Crippen molar-refractivity contribution in [3.05, 3.63) is 162 Å². The molecular weight excluding hydrogens is 571 g/mol. The van der Waals surface area contributed by atoms with Crippen molar-refractivity contribution in [2.45, 2.75) is 20.8 Å². The van der Waals surface area contributed by atoms with Crippen LogP contribution in [0.5, 0.6) is 0 Å². The van der Waals surface area contributed by atoms with E-state index in [2.05, 4.69) is 130 Å². The zero-order valence-corrected chi connectivity index (χ0v) is 26.7. The Morgan fingerprint density at radius 2 is 0.745 bits per heavy atom. The van der Waals surface area contributed by atoms with Crippen LogP contribution in [-0.2, 0) is 0 Å². The number of aryl methyl sites for hydroxylation is 3. The van der Waals surface area contributed by atoms with Crippen molar-refractivity contribution in [3.63, 3.8) is 0 Å². The van der Waals surface area contributed by atoms with E-state index in [0.717, 1.165) is 27.8 Å². The molecule has 7 aromatic carbocycles. The molecule has 0 aliphatic heterocycles. The van der Waals surface area contributed by atoms with Gasteiger partial charge in [0.2, 0.25) is 0 Å². The molecule has 0 spiro atoms. The van der Waals surface area contributed by atoms with Gasteiger partial charge in [0.25, 0.3) is 0 Å². The second-order valence-electron chi connectivity index (χ2n) is 12.3. The number of nitrogens with zero attached hydrogens (tertiary/aromatic N) is 3. The highest BCUT2D eigenvalue weighted by Crippen LogP contribution is 2.41. The topological polar surface area (TPSA) is 38.7 Å². The summed E-state index contributed by atoms with van der Waals surface area (Å²) in [7, 11) is 0. The van der Waals surface area contributed by atoms with Gasteiger partial charge in [0.15, 0.2) is 17.5 Å². The molecule has 3 heteroatoms. The maximum Gasteiger partial charge on any atom is 0.164 e. The summed E-state index contributed by atoms with van der Waals surface area (Å²) in [6.45, 7) is 6.58. The van der Waals surface area contributed by atoms with Gasteiger partial charge in [0, 0.05) is 16.7 Å². The normalized spacial score (nSPS) is 11.3. The van der Waals surface area contributed by atoms with Gasteiger partial charge in [-0.2, -0.15) is 0 Å². The lowest BCUT2D eigenvalue weighted by atomic mass is 9.87. The van der Waals surface area contributed by atoms with E-state index in [1.165, 1.54) is 49.4 Å². The Morgan fingerprint density at radius 1 is 0.340 bits per heavy atom. The predicted octanol–water partition coefficient (Wildman–Crippen LogP) is 11.4. The molecule has 0 bridgehead atoms. The van der Waals surface area contributed by atoms with Gasteiger partial charge in [-0.3, -0.25) is 0 Å². The van der Waals surface area contributed by atoms with Gasteiger partial charge in [-0.25, -0.2) is 15.0 Å². The van der Waals surface area contributed by atoms with Gasteiger partial charge in [0.05, 0.1) is 0 Å². The first-order chi connectivity index (χ1) is 23.0. The molecule has 3 nitrogen and oxygen atoms in total. The molecule has 1 heterocycles. The Bertz CT molecular complexity index is 2290. The Balaban J connectivity index is 1.46. The van der Waals surface area contributed by atoms with Crippen LogP contribution in [0.1, 0.15) is 16.7 Å². The smallest absolute Gasteiger partial charge is 0.164 e. The van der Waals surface area contributed by atoms with Crippen LogP contribution in [0.15, 0.2) is 146 Å². The van der Waals surface area contributed by atoms with Crippen molar-refractivity contribution < 1.29 is 0 Å². The Hall–Kier alpha value is -5.93. The maximum absolute atomic E-state index is 5.13. The largest absolute Gasteiger partial charge is 0.208 e. The first-order valence-corrected chi connectivity index (χ1v) is 16.0. The van der Waals surface area contributed by atoms with E-state index in [9.17, 15) is 0 Å². The van der Waals surface area contributed by atoms with Crippen LogP contribution >= 0.6 is 0 Å². The second kappa shape index (κ2) is 11.8. The molecule has 0 saturated heterocycles. The fraction of sp³-hybridized carbons (Fsp3) is 0.0682. The minimum absolute atomic E-state index is 0.646. The van der Waals surface area contributed by atoms with Crippen molar-refractivity contribution in [1.29, 1.82) is 0 Å². The lowest BCUT2D eigenvalue weighted by Crippen LogP contribution is -2.01. The van der Waals surface area contributed by atoms with Crippen molar-refractivity contribution in [3.8, 4) is 56.4 Å². The Kier molecular flexibility index (Phi) is 7.15. The highest BCUT2D eigenvalue weighted by molar-refractivity contribution is 6.13. The van der Waals surface area contributed by atoms with E-state index in [1.807, 2.05) is 36.4 Å². The second-order valence-corrected chi connectivity index (χ2v) is 12.3. The van der Waals surface area contributed by atoms with Gasteiger partial charge in [-0.1, -0.05) is 127 Å². The summed E-state index contributed by atoms with van der Waals surface area (Å²) in [6, 6.07) is 51.4. The highest BCUT2D eigenvalue weighted by Gasteiger charge is 2.18. The quantitative estimate of drug-likeness (QED) is 0.184. The molecule has 0 fully saturated rings. The van der Waals surface area contributed by atoms with E-state index in [0.29, 0.717) is 17.5 Å². The van der Waals surface area contributed by atoms with E-state index in [-0.39, 0.29) is 0 Å². The van der Waals surface area contributed by atoms with Crippen molar-refractivity contribution in [2.24, 2.45) is 0 Å². The minimum Gasteiger partial charge on any atom is -0.208 e. The molecule has 47 heavy (non-hydrogen) atoms. The third-order valence-electron chi connectivity index (χ3n) is 8.92. The molecule has 0 amide bonds. The van der Waals surface area contributed by atoms with Gasteiger partial charge in [0.1, 0.15) is 0 Å². The standard InChI is InChI=1S/C44H33N3/c1-28-22-29(2)40(30(3)23-28)35-25-36(41-38-20-12-10-18-33(38)24-34-19-11-13-21-39(34)41)27-37(26-35)44-46-42(31-14-6-4-7-15-31)45-43(47-44)32-16-8-5-9-17-32/h4-27H,1-3H3. The molecule has 0 aliphatic rings. The monoisotopic (exact) mass is 603 g/mol. The SMILES string of the molecule is Cc1cc(C)c(-c2cc(-c3nc(-c4ccccc4)nc(-c4ccccc4)n3)cc(-c3c4ccccc4cc4ccccc34)c2)c(C)c1. The van der Waals surface area contributed by atoms with Gasteiger partial charge < -0.3 is 0 Å². The van der Waals surface area contributed by atoms with E-state index < -0.39 is 0 Å². The highest BCUT2D eigenvalue weighted by atomic mass is 15.0. The molecule has 0 radical (unpaired) electrons. The average molecular weight is 604 g/mol. The van der Waals surface area contributed by atoms with Crippen LogP contribution in [-0.4, -0.2) is 15.0 Å². The molecule has 224 valence electrons. The number of aromatic nitrogens is 3. The van der Waals surface area contributed by atoms with Crippen LogP contribution in [0.4, 0.5) is 0 Å². The summed E-state index contributed by atoms with van der Waals surface area (Å²) in [4.78, 5) is 15.2. The van der Waals surface area contributed by atoms with Crippen molar-refractivity contribution in [2.75, 3.05) is 0 Å². The Morgan fingerprint density at radius 3 is 1.26 bits per heavy atom. The predicted molar refractivity (Wildman–Crippen MR) is 196 cm³/mol. The summed E-state index contributed by atoms with van der Waals surface area (Å²) in [6.07, 6.45) is 0. The molecule has 8 rings (SSSR count). The van der Waals surface area contributed by atoms with Crippen LogP contribution in [0.25, 0.3) is 78.0 Å². The Labute approximate surface area is 275 Å². The third kappa shape index (κ3) is 5.36. The number of hydrogen-bond acceptors (Lipinski definition) is 3. The molecule has 0 atom stereocenters. The lowest BCUT2D eigenvalue weighted by molar-refractivity contribution is 1.07. The first kappa shape index (κ1) is 28.5. The van der Waals surface area contributed by atoms with Gasteiger partial charge >= 0.3 is 0 Å². The molecule has 8 aromatic rings. The van der Waals surface area contributed by atoms with Crippen LogP contribution in [0.3, 0.4) is 0 Å². The fourth-order valence-electron chi connectivity index (χ4n) is 6.94. The average Bonchev–Trinajstić information content (AvgIpc) is 3.10.